The summed E-state index contributed by atoms with van der Waals surface area (Å²) in [6.45, 7) is 0. The molecule has 0 saturated carbocycles. The zero-order chi connectivity index (χ0) is 12.5. The molecule has 8 heteroatoms. The highest BCUT2D eigenvalue weighted by molar-refractivity contribution is 9.10. The van der Waals surface area contributed by atoms with E-state index < -0.39 is 23.7 Å². The summed E-state index contributed by atoms with van der Waals surface area (Å²) in [6.07, 6.45) is -8.04. The maximum Gasteiger partial charge on any atom is 0.417 e. The molecule has 0 aliphatic rings. The number of hydrogen-bond donors (Lipinski definition) is 0. The number of nitrogens with zero attached hydrogens (tertiary/aromatic N) is 1. The SMILES string of the molecule is FC(F)c1c(C(F)(F)F)cc(Br)nc1CBr. The predicted octanol–water partition coefficient (Wildman–Crippen LogP) is 4.70. The highest BCUT2D eigenvalue weighted by Crippen LogP contribution is 2.39. The molecule has 0 fully saturated rings. The van der Waals surface area contributed by atoms with Gasteiger partial charge >= 0.3 is 6.18 Å². The van der Waals surface area contributed by atoms with Gasteiger partial charge in [0, 0.05) is 5.33 Å². The minimum Gasteiger partial charge on any atom is -0.245 e. The summed E-state index contributed by atoms with van der Waals surface area (Å²) in [5.41, 5.74) is -2.76. The Hall–Kier alpha value is -0.240. The van der Waals surface area contributed by atoms with Crippen LogP contribution in [0.25, 0.3) is 0 Å². The summed E-state index contributed by atoms with van der Waals surface area (Å²) in [6, 6.07) is 0.549. The van der Waals surface area contributed by atoms with Gasteiger partial charge in [-0.2, -0.15) is 13.2 Å². The lowest BCUT2D eigenvalue weighted by Gasteiger charge is -2.15. The van der Waals surface area contributed by atoms with Crippen molar-refractivity contribution in [3.63, 3.8) is 0 Å². The van der Waals surface area contributed by atoms with Crippen molar-refractivity contribution in [1.82, 2.24) is 4.98 Å². The highest BCUT2D eigenvalue weighted by Gasteiger charge is 2.37. The Balaban J connectivity index is 3.51. The van der Waals surface area contributed by atoms with Crippen LogP contribution >= 0.6 is 31.9 Å². The monoisotopic (exact) mass is 367 g/mol. The third-order valence-corrected chi connectivity index (χ3v) is 2.69. The van der Waals surface area contributed by atoms with Gasteiger partial charge < -0.3 is 0 Å². The average Bonchev–Trinajstić information content (AvgIpc) is 2.14. The molecule has 0 aliphatic heterocycles. The smallest absolute Gasteiger partial charge is 0.245 e. The van der Waals surface area contributed by atoms with Crippen molar-refractivity contribution in [1.29, 1.82) is 0 Å². The molecule has 16 heavy (non-hydrogen) atoms. The second kappa shape index (κ2) is 4.95. The Bertz CT molecular complexity index is 391. The number of alkyl halides is 6. The van der Waals surface area contributed by atoms with Crippen molar-refractivity contribution in [2.24, 2.45) is 0 Å². The average molecular weight is 369 g/mol. The first-order valence-corrected chi connectivity index (χ1v) is 5.79. The van der Waals surface area contributed by atoms with Crippen LogP contribution in [0.3, 0.4) is 0 Å². The summed E-state index contributed by atoms with van der Waals surface area (Å²) in [7, 11) is 0. The first-order valence-electron chi connectivity index (χ1n) is 3.88. The van der Waals surface area contributed by atoms with E-state index in [9.17, 15) is 22.0 Å². The fourth-order valence-corrected chi connectivity index (χ4v) is 2.02. The summed E-state index contributed by atoms with van der Waals surface area (Å²) >= 11 is 5.58. The van der Waals surface area contributed by atoms with E-state index >= 15 is 0 Å². The molecule has 0 atom stereocenters. The van der Waals surface area contributed by atoms with Gasteiger partial charge in [-0.05, 0) is 22.0 Å². The number of pyridine rings is 1. The molecule has 0 spiro atoms. The predicted molar refractivity (Wildman–Crippen MR) is 54.5 cm³/mol. The molecule has 1 nitrogen and oxygen atoms in total. The zero-order valence-electron chi connectivity index (χ0n) is 7.45. The van der Waals surface area contributed by atoms with Crippen LogP contribution in [0.1, 0.15) is 23.2 Å². The first kappa shape index (κ1) is 13.8. The fourth-order valence-electron chi connectivity index (χ4n) is 1.15. The highest BCUT2D eigenvalue weighted by atomic mass is 79.9. The second-order valence-electron chi connectivity index (χ2n) is 2.78. The van der Waals surface area contributed by atoms with Crippen molar-refractivity contribution in [3.05, 3.63) is 27.5 Å². The molecule has 0 aromatic carbocycles. The van der Waals surface area contributed by atoms with Crippen LogP contribution in [0.5, 0.6) is 0 Å². The van der Waals surface area contributed by atoms with Gasteiger partial charge in [-0.1, -0.05) is 15.9 Å². The number of hydrogen-bond acceptors (Lipinski definition) is 1. The molecule has 1 aromatic rings. The van der Waals surface area contributed by atoms with Gasteiger partial charge in [0.05, 0.1) is 16.8 Å². The molecule has 1 rings (SSSR count). The van der Waals surface area contributed by atoms with Crippen LogP contribution in [0.2, 0.25) is 0 Å². The van der Waals surface area contributed by atoms with Crippen LogP contribution in [-0.2, 0) is 11.5 Å². The van der Waals surface area contributed by atoms with Gasteiger partial charge in [0.1, 0.15) is 4.60 Å². The Kier molecular flexibility index (Phi) is 4.28. The molecule has 0 saturated heterocycles. The summed E-state index contributed by atoms with van der Waals surface area (Å²) in [5, 5.41) is -0.171. The molecule has 0 amide bonds. The van der Waals surface area contributed by atoms with Gasteiger partial charge in [0.25, 0.3) is 6.43 Å². The lowest BCUT2D eigenvalue weighted by atomic mass is 10.1. The van der Waals surface area contributed by atoms with Crippen molar-refractivity contribution in [2.45, 2.75) is 17.9 Å². The molecule has 0 bridgehead atoms. The van der Waals surface area contributed by atoms with E-state index in [2.05, 4.69) is 36.8 Å². The van der Waals surface area contributed by atoms with E-state index in [1.165, 1.54) is 0 Å². The van der Waals surface area contributed by atoms with Crippen LogP contribution in [-0.4, -0.2) is 4.98 Å². The number of rotatable bonds is 2. The Morgan fingerprint density at radius 3 is 2.25 bits per heavy atom. The van der Waals surface area contributed by atoms with Gasteiger partial charge in [0.2, 0.25) is 0 Å². The molecule has 0 N–H and O–H groups in total. The van der Waals surface area contributed by atoms with Gasteiger partial charge in [-0.25, -0.2) is 13.8 Å². The molecular weight excluding hydrogens is 365 g/mol. The zero-order valence-corrected chi connectivity index (χ0v) is 10.6. The number of halogens is 7. The van der Waals surface area contributed by atoms with Crippen LogP contribution in [0.4, 0.5) is 22.0 Å². The van der Waals surface area contributed by atoms with Crippen molar-refractivity contribution in [2.75, 3.05) is 0 Å². The van der Waals surface area contributed by atoms with Crippen molar-refractivity contribution >= 4 is 31.9 Å². The van der Waals surface area contributed by atoms with E-state index in [1.54, 1.807) is 0 Å². The molecule has 1 heterocycles. The van der Waals surface area contributed by atoms with Crippen molar-refractivity contribution in [3.8, 4) is 0 Å². The molecule has 0 unspecified atom stereocenters. The summed E-state index contributed by atoms with van der Waals surface area (Å²) in [5.74, 6) is 0. The van der Waals surface area contributed by atoms with E-state index in [4.69, 9.17) is 0 Å². The lowest BCUT2D eigenvalue weighted by molar-refractivity contribution is -0.139. The molecule has 90 valence electrons. The minimum absolute atomic E-state index is 0.126. The molecule has 1 aromatic heterocycles. The van der Waals surface area contributed by atoms with E-state index in [0.717, 1.165) is 0 Å². The van der Waals surface area contributed by atoms with E-state index in [0.29, 0.717) is 6.07 Å². The van der Waals surface area contributed by atoms with Crippen LogP contribution in [0.15, 0.2) is 10.7 Å². The van der Waals surface area contributed by atoms with Gasteiger partial charge in [-0.15, -0.1) is 0 Å². The molecule has 0 radical (unpaired) electrons. The topological polar surface area (TPSA) is 12.9 Å². The number of aromatic nitrogens is 1. The fraction of sp³-hybridized carbons (Fsp3) is 0.375. The largest absolute Gasteiger partial charge is 0.417 e. The van der Waals surface area contributed by atoms with Gasteiger partial charge in [-0.3, -0.25) is 0 Å². The van der Waals surface area contributed by atoms with Gasteiger partial charge in [0.15, 0.2) is 0 Å². The third kappa shape index (κ3) is 2.91. The normalized spacial score (nSPS) is 12.2. The van der Waals surface area contributed by atoms with E-state index in [1.807, 2.05) is 0 Å². The standard InChI is InChI=1S/C8H4Br2F5N/c9-2-4-6(7(11)12)3(8(13,14)15)1-5(10)16-4/h1,7H,2H2. The Morgan fingerprint density at radius 1 is 1.31 bits per heavy atom. The Morgan fingerprint density at radius 2 is 1.88 bits per heavy atom. The third-order valence-electron chi connectivity index (χ3n) is 1.76. The quantitative estimate of drug-likeness (QED) is 0.419. The Labute approximate surface area is 104 Å². The van der Waals surface area contributed by atoms with E-state index in [-0.39, 0.29) is 15.6 Å². The van der Waals surface area contributed by atoms with Crippen molar-refractivity contribution < 1.29 is 22.0 Å². The molecular formula is C8H4Br2F5N. The maximum absolute atomic E-state index is 12.6. The minimum atomic E-state index is -4.83. The lowest BCUT2D eigenvalue weighted by Crippen LogP contribution is -2.13. The van der Waals surface area contributed by atoms with Crippen LogP contribution < -0.4 is 0 Å². The molecule has 0 aliphatic carbocycles. The first-order chi connectivity index (χ1) is 7.27. The second-order valence-corrected chi connectivity index (χ2v) is 4.16. The van der Waals surface area contributed by atoms with Crippen LogP contribution in [0, 0.1) is 0 Å². The summed E-state index contributed by atoms with van der Waals surface area (Å²) < 4.78 is 62.5. The summed E-state index contributed by atoms with van der Waals surface area (Å²) in [4.78, 5) is 3.58. The maximum atomic E-state index is 12.6.